The van der Waals surface area contributed by atoms with E-state index in [1.807, 2.05) is 4.57 Å². The Hall–Kier alpha value is -2.71. The van der Waals surface area contributed by atoms with Crippen LogP contribution in [0, 0.1) is 5.92 Å². The first-order valence-corrected chi connectivity index (χ1v) is 7.15. The van der Waals surface area contributed by atoms with Crippen molar-refractivity contribution in [2.24, 2.45) is 5.92 Å². The van der Waals surface area contributed by atoms with Crippen molar-refractivity contribution >= 4 is 28.9 Å². The number of carbonyl (C=O) groups is 2. The quantitative estimate of drug-likeness (QED) is 0.733. The van der Waals surface area contributed by atoms with Gasteiger partial charge in [0.05, 0.1) is 19.5 Å². The summed E-state index contributed by atoms with van der Waals surface area (Å²) in [5.74, 6) is -0.526. The number of anilines is 1. The normalized spacial score (nSPS) is 10.9. The lowest BCUT2D eigenvalue weighted by Gasteiger charge is -2.16. The molecule has 0 fully saturated rings. The lowest BCUT2D eigenvalue weighted by atomic mass is 10.1. The van der Waals surface area contributed by atoms with Gasteiger partial charge in [0.1, 0.15) is 11.8 Å². The Bertz CT molecular complexity index is 682. The number of aromatic nitrogens is 4. The highest BCUT2D eigenvalue weighted by Gasteiger charge is 2.15. The van der Waals surface area contributed by atoms with Gasteiger partial charge >= 0.3 is 11.9 Å². The standard InChI is InChI=1S/C14H19N5O4/c1-9(20)22-5-11(6-23-10(2)21)3-4-19-8-18-12-13(15)16-7-17-14(12)19/h7-8,11H,3-6H2,1-2H3,(H2,15,16,17). The van der Waals surface area contributed by atoms with Gasteiger partial charge in [-0.3, -0.25) is 9.59 Å². The van der Waals surface area contributed by atoms with Gasteiger partial charge in [-0.2, -0.15) is 0 Å². The summed E-state index contributed by atoms with van der Waals surface area (Å²) < 4.78 is 11.9. The van der Waals surface area contributed by atoms with Gasteiger partial charge in [-0.25, -0.2) is 15.0 Å². The zero-order valence-electron chi connectivity index (χ0n) is 13.1. The molecule has 2 N–H and O–H groups in total. The molecule has 0 amide bonds. The first-order chi connectivity index (χ1) is 11.0. The van der Waals surface area contributed by atoms with Crippen molar-refractivity contribution in [3.63, 3.8) is 0 Å². The minimum Gasteiger partial charge on any atom is -0.465 e. The molecule has 0 atom stereocenters. The molecule has 0 radical (unpaired) electrons. The highest BCUT2D eigenvalue weighted by Crippen LogP contribution is 2.16. The number of nitrogens with two attached hydrogens (primary N) is 1. The Balaban J connectivity index is 2.01. The molecule has 0 unspecified atom stereocenters. The van der Waals surface area contributed by atoms with Crippen LogP contribution in [0.1, 0.15) is 20.3 Å². The lowest BCUT2D eigenvalue weighted by molar-refractivity contribution is -0.146. The summed E-state index contributed by atoms with van der Waals surface area (Å²) >= 11 is 0. The van der Waals surface area contributed by atoms with E-state index in [1.54, 1.807) is 6.33 Å². The molecule has 124 valence electrons. The zero-order chi connectivity index (χ0) is 16.8. The predicted molar refractivity (Wildman–Crippen MR) is 81.1 cm³/mol. The average molecular weight is 321 g/mol. The fourth-order valence-corrected chi connectivity index (χ4v) is 2.07. The van der Waals surface area contributed by atoms with Gasteiger partial charge in [-0.1, -0.05) is 0 Å². The fraction of sp³-hybridized carbons (Fsp3) is 0.500. The number of esters is 2. The van der Waals surface area contributed by atoms with Crippen LogP contribution in [0.4, 0.5) is 5.82 Å². The molecular weight excluding hydrogens is 302 g/mol. The van der Waals surface area contributed by atoms with Crippen LogP contribution < -0.4 is 5.73 Å². The molecule has 23 heavy (non-hydrogen) atoms. The molecule has 0 saturated heterocycles. The molecule has 9 nitrogen and oxygen atoms in total. The van der Waals surface area contributed by atoms with Crippen LogP contribution in [-0.2, 0) is 25.6 Å². The summed E-state index contributed by atoms with van der Waals surface area (Å²) in [6.45, 7) is 3.62. The van der Waals surface area contributed by atoms with Crippen LogP contribution in [0.5, 0.6) is 0 Å². The Morgan fingerprint density at radius 1 is 1.17 bits per heavy atom. The van der Waals surface area contributed by atoms with Gasteiger partial charge in [0.2, 0.25) is 0 Å². The minimum atomic E-state index is -0.369. The summed E-state index contributed by atoms with van der Waals surface area (Å²) in [5.41, 5.74) is 6.93. The van der Waals surface area contributed by atoms with Crippen molar-refractivity contribution in [1.29, 1.82) is 0 Å². The first kappa shape index (κ1) is 16.7. The fourth-order valence-electron chi connectivity index (χ4n) is 2.07. The Morgan fingerprint density at radius 2 is 1.83 bits per heavy atom. The number of hydrogen-bond acceptors (Lipinski definition) is 8. The SMILES string of the molecule is CC(=O)OCC(CCn1cnc2c(N)ncnc21)COC(C)=O. The maximum atomic E-state index is 11.0. The van der Waals surface area contributed by atoms with E-state index < -0.39 is 0 Å². The zero-order valence-corrected chi connectivity index (χ0v) is 13.1. The molecule has 9 heteroatoms. The van der Waals surface area contributed by atoms with Gasteiger partial charge in [0, 0.05) is 26.3 Å². The first-order valence-electron chi connectivity index (χ1n) is 7.15. The molecule has 2 heterocycles. The monoisotopic (exact) mass is 321 g/mol. The van der Waals surface area contributed by atoms with E-state index in [4.69, 9.17) is 15.2 Å². The van der Waals surface area contributed by atoms with Crippen molar-refractivity contribution in [2.75, 3.05) is 18.9 Å². The highest BCUT2D eigenvalue weighted by atomic mass is 16.5. The summed E-state index contributed by atoms with van der Waals surface area (Å²) in [5, 5.41) is 0. The number of rotatable bonds is 7. The van der Waals surface area contributed by atoms with E-state index in [1.165, 1.54) is 20.2 Å². The number of aryl methyl sites for hydroxylation is 1. The number of imidazole rings is 1. The predicted octanol–water partition coefficient (Wildman–Crippen LogP) is 0.541. The highest BCUT2D eigenvalue weighted by molar-refractivity contribution is 5.81. The van der Waals surface area contributed by atoms with Crippen LogP contribution in [0.3, 0.4) is 0 Å². The minimum absolute atomic E-state index is 0.112. The third-order valence-corrected chi connectivity index (χ3v) is 3.25. The van der Waals surface area contributed by atoms with Crippen molar-refractivity contribution in [2.45, 2.75) is 26.8 Å². The van der Waals surface area contributed by atoms with E-state index in [2.05, 4.69) is 15.0 Å². The largest absolute Gasteiger partial charge is 0.465 e. The van der Waals surface area contributed by atoms with E-state index >= 15 is 0 Å². The second kappa shape index (κ2) is 7.52. The molecule has 0 spiro atoms. The smallest absolute Gasteiger partial charge is 0.302 e. The average Bonchev–Trinajstić information content (AvgIpc) is 2.90. The van der Waals surface area contributed by atoms with Gasteiger partial charge in [0.25, 0.3) is 0 Å². The maximum Gasteiger partial charge on any atom is 0.302 e. The molecule has 2 rings (SSSR count). The summed E-state index contributed by atoms with van der Waals surface area (Å²) in [7, 11) is 0. The third-order valence-electron chi connectivity index (χ3n) is 3.25. The molecule has 0 bridgehead atoms. The van der Waals surface area contributed by atoms with Crippen LogP contribution in [0.25, 0.3) is 11.2 Å². The summed E-state index contributed by atoms with van der Waals surface area (Å²) in [6.07, 6.45) is 3.63. The van der Waals surface area contributed by atoms with E-state index in [9.17, 15) is 9.59 Å². The molecule has 0 saturated carbocycles. The van der Waals surface area contributed by atoms with Gasteiger partial charge < -0.3 is 19.8 Å². The molecule has 0 aromatic carbocycles. The Morgan fingerprint density at radius 3 is 2.43 bits per heavy atom. The lowest BCUT2D eigenvalue weighted by Crippen LogP contribution is -2.21. The number of ether oxygens (including phenoxy) is 2. The molecule has 2 aromatic rings. The summed E-state index contributed by atoms with van der Waals surface area (Å²) in [6, 6.07) is 0. The van der Waals surface area contributed by atoms with E-state index in [0.717, 1.165) is 0 Å². The van der Waals surface area contributed by atoms with E-state index in [0.29, 0.717) is 29.9 Å². The second-order valence-corrected chi connectivity index (χ2v) is 5.13. The topological polar surface area (TPSA) is 122 Å². The Kier molecular flexibility index (Phi) is 5.45. The van der Waals surface area contributed by atoms with Crippen molar-refractivity contribution in [1.82, 2.24) is 19.5 Å². The molecule has 0 aliphatic rings. The molecule has 2 aromatic heterocycles. The van der Waals surface area contributed by atoms with Crippen molar-refractivity contribution < 1.29 is 19.1 Å². The second-order valence-electron chi connectivity index (χ2n) is 5.13. The van der Waals surface area contributed by atoms with Gasteiger partial charge in [-0.15, -0.1) is 0 Å². The number of fused-ring (bicyclic) bond motifs is 1. The molecule has 0 aliphatic carbocycles. The summed E-state index contributed by atoms with van der Waals surface area (Å²) in [4.78, 5) is 34.2. The van der Waals surface area contributed by atoms with Crippen LogP contribution in [0.2, 0.25) is 0 Å². The van der Waals surface area contributed by atoms with Crippen LogP contribution >= 0.6 is 0 Å². The van der Waals surface area contributed by atoms with Crippen LogP contribution in [0.15, 0.2) is 12.7 Å². The number of carbonyl (C=O) groups excluding carboxylic acids is 2. The Labute approximate surface area is 132 Å². The number of nitrogen functional groups attached to an aromatic ring is 1. The number of nitrogens with zero attached hydrogens (tertiary/aromatic N) is 4. The van der Waals surface area contributed by atoms with E-state index in [-0.39, 0.29) is 31.1 Å². The maximum absolute atomic E-state index is 11.0. The van der Waals surface area contributed by atoms with Crippen molar-refractivity contribution in [3.05, 3.63) is 12.7 Å². The molecule has 0 aliphatic heterocycles. The van der Waals surface area contributed by atoms with Crippen molar-refractivity contribution in [3.8, 4) is 0 Å². The van der Waals surface area contributed by atoms with Gasteiger partial charge in [0.15, 0.2) is 11.5 Å². The van der Waals surface area contributed by atoms with Gasteiger partial charge in [-0.05, 0) is 6.42 Å². The number of hydrogen-bond donors (Lipinski definition) is 1. The third kappa shape index (κ3) is 4.63. The van der Waals surface area contributed by atoms with Crippen LogP contribution in [-0.4, -0.2) is 44.7 Å². The molecular formula is C14H19N5O4.